The first-order valence-corrected chi connectivity index (χ1v) is 10.4. The molecule has 0 fully saturated rings. The number of carbonyl (C=O) groups excluding carboxylic acids is 3. The second-order valence-electron chi connectivity index (χ2n) is 7.24. The average molecular weight is 396 g/mol. The summed E-state index contributed by atoms with van der Waals surface area (Å²) < 4.78 is 5.46. The van der Waals surface area contributed by atoms with Crippen LogP contribution in [0.25, 0.3) is 10.8 Å². The van der Waals surface area contributed by atoms with Gasteiger partial charge in [0.05, 0.1) is 0 Å². The molecule has 0 bridgehead atoms. The SMILES string of the molecule is CCCCOCCCNC(=O)CCCN1C(=O)c2cccc3cccc(c23)C1=O. The van der Waals surface area contributed by atoms with Crippen LogP contribution >= 0.6 is 0 Å². The summed E-state index contributed by atoms with van der Waals surface area (Å²) in [6, 6.07) is 11.0. The molecule has 3 rings (SSSR count). The molecule has 0 saturated heterocycles. The van der Waals surface area contributed by atoms with Crippen LogP contribution in [0.5, 0.6) is 0 Å². The molecule has 6 heteroatoms. The van der Waals surface area contributed by atoms with Gasteiger partial charge in [-0.1, -0.05) is 37.6 Å². The number of carbonyl (C=O) groups is 3. The molecule has 0 atom stereocenters. The molecule has 0 aliphatic carbocycles. The van der Waals surface area contributed by atoms with Crippen LogP contribution in [0, 0.1) is 0 Å². The molecule has 1 N–H and O–H groups in total. The van der Waals surface area contributed by atoms with Crippen LogP contribution < -0.4 is 5.32 Å². The van der Waals surface area contributed by atoms with Crippen LogP contribution in [0.2, 0.25) is 0 Å². The zero-order valence-electron chi connectivity index (χ0n) is 16.9. The normalized spacial score (nSPS) is 13.2. The van der Waals surface area contributed by atoms with Gasteiger partial charge in [0.2, 0.25) is 5.91 Å². The Labute approximate surface area is 171 Å². The number of hydrogen-bond acceptors (Lipinski definition) is 4. The third kappa shape index (κ3) is 5.01. The number of rotatable bonds is 11. The van der Waals surface area contributed by atoms with Crippen LogP contribution in [0.15, 0.2) is 36.4 Å². The molecule has 6 nitrogen and oxygen atoms in total. The van der Waals surface area contributed by atoms with Crippen molar-refractivity contribution in [1.29, 1.82) is 0 Å². The van der Waals surface area contributed by atoms with E-state index in [1.165, 1.54) is 4.90 Å². The highest BCUT2D eigenvalue weighted by molar-refractivity contribution is 6.25. The number of nitrogens with one attached hydrogen (secondary N) is 1. The molecule has 0 saturated carbocycles. The molecule has 0 radical (unpaired) electrons. The lowest BCUT2D eigenvalue weighted by atomic mass is 9.94. The fourth-order valence-electron chi connectivity index (χ4n) is 3.52. The van der Waals surface area contributed by atoms with E-state index < -0.39 is 0 Å². The highest BCUT2D eigenvalue weighted by Crippen LogP contribution is 2.29. The third-order valence-electron chi connectivity index (χ3n) is 5.07. The van der Waals surface area contributed by atoms with Gasteiger partial charge in [-0.05, 0) is 36.8 Å². The van der Waals surface area contributed by atoms with Crippen LogP contribution in [-0.2, 0) is 9.53 Å². The van der Waals surface area contributed by atoms with Crippen molar-refractivity contribution in [3.05, 3.63) is 47.5 Å². The Hall–Kier alpha value is -2.73. The smallest absolute Gasteiger partial charge is 0.261 e. The van der Waals surface area contributed by atoms with Gasteiger partial charge >= 0.3 is 0 Å². The van der Waals surface area contributed by atoms with Gasteiger partial charge in [-0.2, -0.15) is 0 Å². The number of imide groups is 1. The minimum Gasteiger partial charge on any atom is -0.381 e. The number of ether oxygens (including phenoxy) is 1. The van der Waals surface area contributed by atoms with E-state index in [4.69, 9.17) is 4.74 Å². The quantitative estimate of drug-likeness (QED) is 0.466. The average Bonchev–Trinajstić information content (AvgIpc) is 2.73. The molecule has 29 heavy (non-hydrogen) atoms. The molecule has 0 aromatic heterocycles. The standard InChI is InChI=1S/C23H28N2O4/c1-2-3-15-29-16-7-13-24-20(26)12-6-14-25-22(27)18-10-4-8-17-9-5-11-19(21(17)18)23(25)28/h4-5,8-11H,2-3,6-7,12-16H2,1H3,(H,24,26). The van der Waals surface area contributed by atoms with Gasteiger partial charge in [0, 0.05) is 49.2 Å². The number of hydrogen-bond donors (Lipinski definition) is 1. The van der Waals surface area contributed by atoms with E-state index >= 15 is 0 Å². The Morgan fingerprint density at radius 1 is 0.966 bits per heavy atom. The van der Waals surface area contributed by atoms with Gasteiger partial charge in [0.15, 0.2) is 0 Å². The lowest BCUT2D eigenvalue weighted by Gasteiger charge is -2.27. The minimum atomic E-state index is -0.288. The number of nitrogens with zero attached hydrogens (tertiary/aromatic N) is 1. The summed E-state index contributed by atoms with van der Waals surface area (Å²) in [4.78, 5) is 38.8. The number of amides is 3. The summed E-state index contributed by atoms with van der Waals surface area (Å²) in [6.07, 6.45) is 3.66. The van der Waals surface area contributed by atoms with Gasteiger partial charge in [0.25, 0.3) is 11.8 Å². The van der Waals surface area contributed by atoms with Crippen molar-refractivity contribution in [3.8, 4) is 0 Å². The fourth-order valence-corrected chi connectivity index (χ4v) is 3.52. The third-order valence-corrected chi connectivity index (χ3v) is 5.07. The summed E-state index contributed by atoms with van der Waals surface area (Å²) in [5.74, 6) is -0.647. The topological polar surface area (TPSA) is 75.7 Å². The van der Waals surface area contributed by atoms with E-state index in [2.05, 4.69) is 12.2 Å². The highest BCUT2D eigenvalue weighted by atomic mass is 16.5. The molecule has 1 aliphatic rings. The summed E-state index contributed by atoms with van der Waals surface area (Å²) >= 11 is 0. The Morgan fingerprint density at radius 3 is 2.28 bits per heavy atom. The van der Waals surface area contributed by atoms with Gasteiger partial charge in [-0.15, -0.1) is 0 Å². The predicted octanol–water partition coefficient (Wildman–Crippen LogP) is 3.54. The Kier molecular flexibility index (Phi) is 7.36. The van der Waals surface area contributed by atoms with Gasteiger partial charge in [-0.3, -0.25) is 19.3 Å². The first kappa shape index (κ1) is 21.0. The Bertz CT molecular complexity index is 843. The molecule has 0 spiro atoms. The van der Waals surface area contributed by atoms with Crippen LogP contribution in [0.3, 0.4) is 0 Å². The summed E-state index contributed by atoms with van der Waals surface area (Å²) in [5.41, 5.74) is 1.09. The first-order chi connectivity index (χ1) is 14.1. The zero-order valence-corrected chi connectivity index (χ0v) is 16.9. The Morgan fingerprint density at radius 2 is 1.62 bits per heavy atom. The summed E-state index contributed by atoms with van der Waals surface area (Å²) in [6.45, 7) is 4.33. The van der Waals surface area contributed by atoms with E-state index in [1.54, 1.807) is 12.1 Å². The molecule has 2 aromatic rings. The molecule has 3 amide bonds. The fraction of sp³-hybridized carbons (Fsp3) is 0.435. The van der Waals surface area contributed by atoms with Crippen molar-refractivity contribution in [1.82, 2.24) is 10.2 Å². The Balaban J connectivity index is 1.46. The lowest BCUT2D eigenvalue weighted by molar-refractivity contribution is -0.121. The molecule has 0 unspecified atom stereocenters. The molecule has 2 aromatic carbocycles. The maximum atomic E-state index is 12.8. The van der Waals surface area contributed by atoms with E-state index in [0.717, 1.165) is 36.6 Å². The van der Waals surface area contributed by atoms with Crippen molar-refractivity contribution in [2.24, 2.45) is 0 Å². The van der Waals surface area contributed by atoms with Crippen LogP contribution in [0.4, 0.5) is 0 Å². The van der Waals surface area contributed by atoms with Crippen molar-refractivity contribution >= 4 is 28.5 Å². The zero-order chi connectivity index (χ0) is 20.6. The molecular formula is C23H28N2O4. The minimum absolute atomic E-state index is 0.0713. The number of unbranched alkanes of at least 4 members (excludes halogenated alkanes) is 1. The molecule has 1 heterocycles. The lowest BCUT2D eigenvalue weighted by Crippen LogP contribution is -2.41. The van der Waals surface area contributed by atoms with E-state index in [1.807, 2.05) is 24.3 Å². The van der Waals surface area contributed by atoms with E-state index in [-0.39, 0.29) is 30.7 Å². The van der Waals surface area contributed by atoms with Crippen LogP contribution in [0.1, 0.15) is 59.7 Å². The van der Waals surface area contributed by atoms with Gasteiger partial charge in [0.1, 0.15) is 0 Å². The van der Waals surface area contributed by atoms with E-state index in [0.29, 0.717) is 30.7 Å². The molecular weight excluding hydrogens is 368 g/mol. The second kappa shape index (κ2) is 10.2. The monoisotopic (exact) mass is 396 g/mol. The maximum absolute atomic E-state index is 12.8. The molecule has 154 valence electrons. The highest BCUT2D eigenvalue weighted by Gasteiger charge is 2.32. The summed E-state index contributed by atoms with van der Waals surface area (Å²) in [7, 11) is 0. The second-order valence-corrected chi connectivity index (χ2v) is 7.24. The largest absolute Gasteiger partial charge is 0.381 e. The van der Waals surface area contributed by atoms with Gasteiger partial charge in [-0.25, -0.2) is 0 Å². The van der Waals surface area contributed by atoms with Crippen molar-refractivity contribution in [2.75, 3.05) is 26.3 Å². The van der Waals surface area contributed by atoms with Crippen molar-refractivity contribution < 1.29 is 19.1 Å². The van der Waals surface area contributed by atoms with E-state index in [9.17, 15) is 14.4 Å². The van der Waals surface area contributed by atoms with Crippen molar-refractivity contribution in [3.63, 3.8) is 0 Å². The van der Waals surface area contributed by atoms with Crippen molar-refractivity contribution in [2.45, 2.75) is 39.0 Å². The predicted molar refractivity (Wildman–Crippen MR) is 112 cm³/mol. The molecule has 1 aliphatic heterocycles. The number of benzene rings is 2. The summed E-state index contributed by atoms with van der Waals surface area (Å²) in [5, 5.41) is 4.47. The van der Waals surface area contributed by atoms with Crippen LogP contribution in [-0.4, -0.2) is 48.9 Å². The first-order valence-electron chi connectivity index (χ1n) is 10.4. The van der Waals surface area contributed by atoms with Gasteiger partial charge < -0.3 is 10.1 Å². The maximum Gasteiger partial charge on any atom is 0.261 e.